The first-order valence-electron chi connectivity index (χ1n) is 3.99. The van der Waals surface area contributed by atoms with Crippen LogP contribution < -0.4 is 5.32 Å². The minimum Gasteiger partial charge on any atom is -0.307 e. The van der Waals surface area contributed by atoms with Gasteiger partial charge in [0.15, 0.2) is 0 Å². The van der Waals surface area contributed by atoms with Crippen LogP contribution >= 0.6 is 34.5 Å². The van der Waals surface area contributed by atoms with Crippen LogP contribution in [0.5, 0.6) is 0 Å². The first-order valence-corrected chi connectivity index (χ1v) is 5.57. The van der Waals surface area contributed by atoms with Crippen molar-refractivity contribution in [3.8, 4) is 0 Å². The molecule has 1 nitrogen and oxygen atoms in total. The Labute approximate surface area is 92.4 Å². The summed E-state index contributed by atoms with van der Waals surface area (Å²) in [6, 6.07) is 1.98. The molecule has 1 heterocycles. The van der Waals surface area contributed by atoms with Gasteiger partial charge in [0.1, 0.15) is 0 Å². The van der Waals surface area contributed by atoms with E-state index in [0.29, 0.717) is 4.34 Å². The van der Waals surface area contributed by atoms with Crippen molar-refractivity contribution in [1.82, 2.24) is 5.32 Å². The molecule has 1 rings (SSSR count). The molecule has 1 aromatic heterocycles. The first kappa shape index (κ1) is 11.1. The third-order valence-electron chi connectivity index (χ3n) is 1.68. The molecule has 0 fully saturated rings. The monoisotopic (exact) mass is 235 g/mol. The fraction of sp³-hybridized carbons (Fsp3) is 0.333. The van der Waals surface area contributed by atoms with Crippen LogP contribution in [0.4, 0.5) is 0 Å². The van der Waals surface area contributed by atoms with Crippen molar-refractivity contribution in [2.45, 2.75) is 13.0 Å². The van der Waals surface area contributed by atoms with E-state index >= 15 is 0 Å². The zero-order valence-electron chi connectivity index (χ0n) is 7.31. The molecule has 13 heavy (non-hydrogen) atoms. The molecule has 0 bridgehead atoms. The van der Waals surface area contributed by atoms with E-state index in [4.69, 9.17) is 23.2 Å². The summed E-state index contributed by atoms with van der Waals surface area (Å²) in [7, 11) is 0. The molecule has 1 atom stereocenters. The number of likely N-dealkylation sites (N-methyl/N-ethyl adjacent to an activating group) is 1. The van der Waals surface area contributed by atoms with E-state index in [2.05, 4.69) is 11.9 Å². The van der Waals surface area contributed by atoms with E-state index in [1.807, 2.05) is 19.1 Å². The lowest BCUT2D eigenvalue weighted by Crippen LogP contribution is -2.18. The summed E-state index contributed by atoms with van der Waals surface area (Å²) < 4.78 is 1.45. The van der Waals surface area contributed by atoms with Gasteiger partial charge in [0.05, 0.1) is 14.7 Å². The summed E-state index contributed by atoms with van der Waals surface area (Å²) in [5, 5.41) is 3.25. The van der Waals surface area contributed by atoms with Gasteiger partial charge >= 0.3 is 0 Å². The predicted molar refractivity (Wildman–Crippen MR) is 61.0 cm³/mol. The molecule has 0 aliphatic rings. The molecule has 72 valence electrons. The molecule has 0 radical (unpaired) electrons. The van der Waals surface area contributed by atoms with Crippen molar-refractivity contribution >= 4 is 34.5 Å². The van der Waals surface area contributed by atoms with Gasteiger partial charge in [-0.1, -0.05) is 36.2 Å². The number of halogens is 2. The summed E-state index contributed by atoms with van der Waals surface area (Å²) in [5.41, 5.74) is 1.01. The number of hydrogen-bond acceptors (Lipinski definition) is 2. The van der Waals surface area contributed by atoms with E-state index in [1.54, 1.807) is 0 Å². The van der Waals surface area contributed by atoms with Crippen molar-refractivity contribution < 1.29 is 0 Å². The summed E-state index contributed by atoms with van der Waals surface area (Å²) >= 11 is 13.2. The lowest BCUT2D eigenvalue weighted by atomic mass is 10.1. The van der Waals surface area contributed by atoms with Crippen LogP contribution in [-0.2, 0) is 0 Å². The van der Waals surface area contributed by atoms with Gasteiger partial charge < -0.3 is 5.32 Å². The van der Waals surface area contributed by atoms with E-state index in [9.17, 15) is 0 Å². The molecule has 1 aromatic rings. The van der Waals surface area contributed by atoms with Gasteiger partial charge in [0.2, 0.25) is 0 Å². The maximum atomic E-state index is 6.00. The first-order chi connectivity index (χ1) is 6.19. The van der Waals surface area contributed by atoms with Crippen molar-refractivity contribution in [1.29, 1.82) is 0 Å². The van der Waals surface area contributed by atoms with Crippen LogP contribution in [0, 0.1) is 0 Å². The van der Waals surface area contributed by atoms with Crippen molar-refractivity contribution in [2.75, 3.05) is 6.54 Å². The number of rotatable bonds is 4. The van der Waals surface area contributed by atoms with E-state index in [0.717, 1.165) is 16.4 Å². The van der Waals surface area contributed by atoms with Gasteiger partial charge in [0, 0.05) is 5.56 Å². The molecule has 0 aliphatic heterocycles. The Morgan fingerprint density at radius 3 is 2.77 bits per heavy atom. The fourth-order valence-corrected chi connectivity index (χ4v) is 2.65. The van der Waals surface area contributed by atoms with E-state index in [-0.39, 0.29) is 6.04 Å². The summed E-state index contributed by atoms with van der Waals surface area (Å²) in [6.45, 7) is 6.66. The summed E-state index contributed by atoms with van der Waals surface area (Å²) in [6.07, 6.45) is 1.83. The third kappa shape index (κ3) is 2.71. The van der Waals surface area contributed by atoms with Gasteiger partial charge in [-0.05, 0) is 12.6 Å². The maximum Gasteiger partial charge on any atom is 0.0995 e. The van der Waals surface area contributed by atoms with Crippen molar-refractivity contribution in [2.24, 2.45) is 0 Å². The zero-order valence-corrected chi connectivity index (χ0v) is 9.64. The van der Waals surface area contributed by atoms with E-state index in [1.165, 1.54) is 11.3 Å². The maximum absolute atomic E-state index is 6.00. The lowest BCUT2D eigenvalue weighted by molar-refractivity contribution is 0.651. The third-order valence-corrected chi connectivity index (χ3v) is 3.20. The average molecular weight is 236 g/mol. The van der Waals surface area contributed by atoms with Gasteiger partial charge in [-0.3, -0.25) is 0 Å². The second-order valence-electron chi connectivity index (χ2n) is 2.55. The van der Waals surface area contributed by atoms with Crippen LogP contribution in [0.15, 0.2) is 18.7 Å². The number of thiophene rings is 1. The number of hydrogen-bond donors (Lipinski definition) is 1. The molecular weight excluding hydrogens is 225 g/mol. The Hall–Kier alpha value is -0.0200. The average Bonchev–Trinajstić information content (AvgIpc) is 2.41. The van der Waals surface area contributed by atoms with Gasteiger partial charge in [-0.25, -0.2) is 0 Å². The second kappa shape index (κ2) is 5.01. The molecule has 1 N–H and O–H groups in total. The van der Waals surface area contributed by atoms with Gasteiger partial charge in [-0.15, -0.1) is 17.9 Å². The summed E-state index contributed by atoms with van der Waals surface area (Å²) in [4.78, 5) is 0. The highest BCUT2D eigenvalue weighted by Gasteiger charge is 2.13. The highest BCUT2D eigenvalue weighted by Crippen LogP contribution is 2.35. The van der Waals surface area contributed by atoms with Crippen LogP contribution in [0.25, 0.3) is 0 Å². The smallest absolute Gasteiger partial charge is 0.0995 e. The highest BCUT2D eigenvalue weighted by atomic mass is 35.5. The molecular formula is C9H11Cl2NS. The molecule has 1 unspecified atom stereocenters. The molecule has 0 saturated carbocycles. The predicted octanol–water partition coefficient (Wildman–Crippen LogP) is 3.89. The normalized spacial score (nSPS) is 12.8. The Morgan fingerprint density at radius 2 is 2.38 bits per heavy atom. The molecule has 0 aliphatic carbocycles. The zero-order chi connectivity index (χ0) is 9.84. The topological polar surface area (TPSA) is 12.0 Å². The Morgan fingerprint density at radius 1 is 1.69 bits per heavy atom. The minimum absolute atomic E-state index is 0.0984. The number of nitrogens with one attached hydrogen (secondary N) is 1. The molecule has 4 heteroatoms. The Bertz CT molecular complexity index is 296. The largest absolute Gasteiger partial charge is 0.307 e. The molecule has 0 spiro atoms. The summed E-state index contributed by atoms with van der Waals surface area (Å²) in [5.74, 6) is 0. The molecule has 0 amide bonds. The van der Waals surface area contributed by atoms with Gasteiger partial charge in [-0.2, -0.15) is 0 Å². The highest BCUT2D eigenvalue weighted by molar-refractivity contribution is 7.20. The fourth-order valence-electron chi connectivity index (χ4n) is 1.11. The van der Waals surface area contributed by atoms with Crippen LogP contribution in [0.3, 0.4) is 0 Å². The SMILES string of the molecule is C=CC(NCC)c1cc(Cl)sc1Cl. The Kier molecular flexibility index (Phi) is 4.26. The van der Waals surface area contributed by atoms with E-state index < -0.39 is 0 Å². The quantitative estimate of drug-likeness (QED) is 0.782. The van der Waals surface area contributed by atoms with Crippen LogP contribution in [-0.4, -0.2) is 6.54 Å². The van der Waals surface area contributed by atoms with Crippen LogP contribution in [0.1, 0.15) is 18.5 Å². The van der Waals surface area contributed by atoms with Crippen molar-refractivity contribution in [3.05, 3.63) is 33.0 Å². The second-order valence-corrected chi connectivity index (χ2v) is 4.84. The molecule has 0 aromatic carbocycles. The Balaban J connectivity index is 2.89. The van der Waals surface area contributed by atoms with Crippen molar-refractivity contribution in [3.63, 3.8) is 0 Å². The molecule has 0 saturated heterocycles. The van der Waals surface area contributed by atoms with Gasteiger partial charge in [0.25, 0.3) is 0 Å². The standard InChI is InChI=1S/C9H11Cl2NS/c1-3-7(12-4-2)6-5-8(10)13-9(6)11/h3,5,7,12H,1,4H2,2H3. The van der Waals surface area contributed by atoms with Crippen LogP contribution in [0.2, 0.25) is 8.67 Å². The minimum atomic E-state index is 0.0984. The lowest BCUT2D eigenvalue weighted by Gasteiger charge is -2.11.